The van der Waals surface area contributed by atoms with Crippen molar-refractivity contribution in [3.63, 3.8) is 0 Å². The Morgan fingerprint density at radius 1 is 1.58 bits per heavy atom. The highest BCUT2D eigenvalue weighted by Gasteiger charge is 2.21. The highest BCUT2D eigenvalue weighted by atomic mass is 19.1. The van der Waals surface area contributed by atoms with Gasteiger partial charge in [0.15, 0.2) is 0 Å². The Kier molecular flexibility index (Phi) is 4.50. The quantitative estimate of drug-likeness (QED) is 0.576. The number of halogens is 1. The lowest BCUT2D eigenvalue weighted by Gasteiger charge is -2.13. The van der Waals surface area contributed by atoms with Crippen LogP contribution in [0.15, 0.2) is 0 Å². The van der Waals surface area contributed by atoms with Crippen molar-refractivity contribution in [1.29, 1.82) is 0 Å². The highest BCUT2D eigenvalue weighted by molar-refractivity contribution is 4.76. The average molecular weight is 175 g/mol. The fraction of sp³-hybridized carbons (Fsp3) is 1.00. The summed E-state index contributed by atoms with van der Waals surface area (Å²) in [6, 6.07) is 0. The highest BCUT2D eigenvalue weighted by Crippen LogP contribution is 2.14. The van der Waals surface area contributed by atoms with Crippen molar-refractivity contribution in [3.05, 3.63) is 0 Å². The van der Waals surface area contributed by atoms with E-state index < -0.39 is 0 Å². The number of hydrogen-bond donors (Lipinski definition) is 2. The molecule has 1 heterocycles. The Hall–Kier alpha value is -0.190. The third kappa shape index (κ3) is 3.05. The van der Waals surface area contributed by atoms with E-state index in [0.29, 0.717) is 12.5 Å². The monoisotopic (exact) mass is 175 g/mol. The van der Waals surface area contributed by atoms with E-state index in [1.807, 2.05) is 7.05 Å². The van der Waals surface area contributed by atoms with Gasteiger partial charge >= 0.3 is 0 Å². The maximum atomic E-state index is 12.0. The molecule has 3 nitrogen and oxygen atoms in total. The third-order valence-electron chi connectivity index (χ3n) is 2.34. The fourth-order valence-electron chi connectivity index (χ4n) is 1.65. The molecule has 1 aliphatic rings. The molecule has 0 aromatic carbocycles. The summed E-state index contributed by atoms with van der Waals surface area (Å²) in [6.07, 6.45) is 1.19. The Morgan fingerprint density at radius 3 is 3.08 bits per heavy atom. The molecule has 0 saturated carbocycles. The van der Waals surface area contributed by atoms with E-state index in [1.54, 1.807) is 0 Å². The second-order valence-corrected chi connectivity index (χ2v) is 3.28. The minimum Gasteiger partial charge on any atom is -0.300 e. The van der Waals surface area contributed by atoms with E-state index in [1.165, 1.54) is 6.42 Å². The van der Waals surface area contributed by atoms with E-state index in [9.17, 15) is 4.39 Å². The first-order valence-corrected chi connectivity index (χ1v) is 4.54. The maximum absolute atomic E-state index is 12.0. The second kappa shape index (κ2) is 5.45. The molecule has 0 amide bonds. The number of hydrazine groups is 1. The molecule has 1 atom stereocenters. The predicted molar refractivity (Wildman–Crippen MR) is 47.6 cm³/mol. The second-order valence-electron chi connectivity index (χ2n) is 3.28. The summed E-state index contributed by atoms with van der Waals surface area (Å²) in [6.45, 7) is 3.47. The van der Waals surface area contributed by atoms with Gasteiger partial charge in [0.05, 0.1) is 0 Å². The summed E-state index contributed by atoms with van der Waals surface area (Å²) in [5.41, 5.74) is 5.98. The van der Waals surface area contributed by atoms with Crippen molar-refractivity contribution in [1.82, 2.24) is 15.8 Å². The molecule has 0 aromatic heterocycles. The molecule has 1 saturated heterocycles. The summed E-state index contributed by atoms with van der Waals surface area (Å²) in [5, 5.41) is 0. The van der Waals surface area contributed by atoms with Crippen molar-refractivity contribution in [3.8, 4) is 0 Å². The molecule has 0 unspecified atom stereocenters. The van der Waals surface area contributed by atoms with E-state index in [-0.39, 0.29) is 6.67 Å². The molecule has 12 heavy (non-hydrogen) atoms. The summed E-state index contributed by atoms with van der Waals surface area (Å²) in [7, 11) is 1.87. The number of rotatable bonds is 5. The van der Waals surface area contributed by atoms with Gasteiger partial charge in [-0.05, 0) is 25.9 Å². The Balaban J connectivity index is 2.08. The van der Waals surface area contributed by atoms with Crippen molar-refractivity contribution in [2.24, 2.45) is 5.92 Å². The van der Waals surface area contributed by atoms with Crippen LogP contribution in [0.3, 0.4) is 0 Å². The fourth-order valence-corrected chi connectivity index (χ4v) is 1.65. The molecule has 1 rings (SSSR count). The zero-order valence-corrected chi connectivity index (χ0v) is 7.65. The lowest BCUT2D eigenvalue weighted by atomic mass is 10.1. The number of nitrogens with one attached hydrogen (secondary N) is 2. The molecule has 4 heteroatoms. The van der Waals surface area contributed by atoms with Gasteiger partial charge in [-0.3, -0.25) is 10.9 Å². The smallest absolute Gasteiger partial charge is 0.102 e. The van der Waals surface area contributed by atoms with Crippen LogP contribution in [0.4, 0.5) is 4.39 Å². The van der Waals surface area contributed by atoms with Gasteiger partial charge < -0.3 is 4.90 Å². The van der Waals surface area contributed by atoms with Crippen LogP contribution in [0.1, 0.15) is 6.42 Å². The SMILES string of the molecule is CNNC[C@H]1CCN(CCF)C1. The Bertz CT molecular complexity index is 121. The first-order valence-electron chi connectivity index (χ1n) is 4.54. The predicted octanol–water partition coefficient (Wildman–Crippen LogP) is 0.00180. The van der Waals surface area contributed by atoms with Crippen molar-refractivity contribution < 1.29 is 4.39 Å². The molecule has 0 spiro atoms. The van der Waals surface area contributed by atoms with Gasteiger partial charge in [-0.25, -0.2) is 4.39 Å². The van der Waals surface area contributed by atoms with Crippen molar-refractivity contribution >= 4 is 0 Å². The van der Waals surface area contributed by atoms with Crippen LogP contribution in [-0.4, -0.2) is 44.8 Å². The van der Waals surface area contributed by atoms with Crippen LogP contribution >= 0.6 is 0 Å². The first-order chi connectivity index (χ1) is 5.86. The standard InChI is InChI=1S/C8H18FN3/c1-10-11-6-8-2-4-12(7-8)5-3-9/h8,10-11H,2-7H2,1H3/t8-/m1/s1. The molecule has 0 aromatic rings. The molecule has 1 aliphatic heterocycles. The lowest BCUT2D eigenvalue weighted by Crippen LogP contribution is -2.34. The molecule has 0 aliphatic carbocycles. The largest absolute Gasteiger partial charge is 0.300 e. The van der Waals surface area contributed by atoms with Gasteiger partial charge in [0, 0.05) is 19.6 Å². The number of alkyl halides is 1. The summed E-state index contributed by atoms with van der Waals surface area (Å²) in [5.74, 6) is 0.684. The Labute approximate surface area is 73.3 Å². The van der Waals surface area contributed by atoms with Gasteiger partial charge in [0.2, 0.25) is 0 Å². The molecule has 72 valence electrons. The van der Waals surface area contributed by atoms with Crippen LogP contribution in [0.2, 0.25) is 0 Å². The van der Waals surface area contributed by atoms with Crippen LogP contribution in [0.5, 0.6) is 0 Å². The van der Waals surface area contributed by atoms with Crippen molar-refractivity contribution in [2.75, 3.05) is 39.9 Å². The maximum Gasteiger partial charge on any atom is 0.102 e. The summed E-state index contributed by atoms with van der Waals surface area (Å²) >= 11 is 0. The van der Waals surface area contributed by atoms with Gasteiger partial charge in [-0.2, -0.15) is 0 Å². The van der Waals surface area contributed by atoms with Gasteiger partial charge in [-0.15, -0.1) is 0 Å². The van der Waals surface area contributed by atoms with E-state index in [0.717, 1.165) is 19.6 Å². The molecule has 2 N–H and O–H groups in total. The molecule has 1 fully saturated rings. The number of nitrogens with zero attached hydrogens (tertiary/aromatic N) is 1. The normalized spacial score (nSPS) is 25.0. The Morgan fingerprint density at radius 2 is 2.42 bits per heavy atom. The van der Waals surface area contributed by atoms with Gasteiger partial charge in [0.1, 0.15) is 6.67 Å². The van der Waals surface area contributed by atoms with Crippen LogP contribution in [0.25, 0.3) is 0 Å². The zero-order chi connectivity index (χ0) is 8.81. The molecular formula is C8H18FN3. The third-order valence-corrected chi connectivity index (χ3v) is 2.34. The average Bonchev–Trinajstić information content (AvgIpc) is 2.50. The number of hydrogen-bond acceptors (Lipinski definition) is 3. The van der Waals surface area contributed by atoms with Crippen LogP contribution in [0, 0.1) is 5.92 Å². The zero-order valence-electron chi connectivity index (χ0n) is 7.65. The lowest BCUT2D eigenvalue weighted by molar-refractivity contribution is 0.285. The molecular weight excluding hydrogens is 157 g/mol. The molecule has 0 radical (unpaired) electrons. The summed E-state index contributed by atoms with van der Waals surface area (Å²) in [4.78, 5) is 2.18. The van der Waals surface area contributed by atoms with Crippen LogP contribution < -0.4 is 10.9 Å². The van der Waals surface area contributed by atoms with E-state index >= 15 is 0 Å². The first kappa shape index (κ1) is 9.89. The minimum absolute atomic E-state index is 0.216. The topological polar surface area (TPSA) is 27.3 Å². The summed E-state index contributed by atoms with van der Waals surface area (Å²) < 4.78 is 12.0. The number of likely N-dealkylation sites (tertiary alicyclic amines) is 1. The van der Waals surface area contributed by atoms with E-state index in [4.69, 9.17) is 0 Å². The van der Waals surface area contributed by atoms with Crippen molar-refractivity contribution in [2.45, 2.75) is 6.42 Å². The van der Waals surface area contributed by atoms with Gasteiger partial charge in [0.25, 0.3) is 0 Å². The molecule has 0 bridgehead atoms. The van der Waals surface area contributed by atoms with Gasteiger partial charge in [-0.1, -0.05) is 0 Å². The minimum atomic E-state index is -0.216. The van der Waals surface area contributed by atoms with E-state index in [2.05, 4.69) is 15.8 Å². The van der Waals surface area contributed by atoms with Crippen LogP contribution in [-0.2, 0) is 0 Å².